The Hall–Kier alpha value is -3.05. The van der Waals surface area contributed by atoms with E-state index in [1.165, 1.54) is 36.1 Å². The lowest BCUT2D eigenvalue weighted by Gasteiger charge is -2.37. The largest absolute Gasteiger partial charge is 0.368 e. The molecular formula is C19H21FN4O5S. The van der Waals surface area contributed by atoms with Gasteiger partial charge in [-0.25, -0.2) is 12.8 Å². The summed E-state index contributed by atoms with van der Waals surface area (Å²) < 4.78 is 40.8. The van der Waals surface area contributed by atoms with Gasteiger partial charge >= 0.3 is 0 Å². The monoisotopic (exact) mass is 436 g/mol. The number of hydrogen-bond acceptors (Lipinski definition) is 6. The fourth-order valence-corrected chi connectivity index (χ4v) is 4.53. The summed E-state index contributed by atoms with van der Waals surface area (Å²) in [5.74, 6) is -1.29. The maximum atomic E-state index is 13.8. The zero-order valence-electron chi connectivity index (χ0n) is 16.2. The number of non-ortho nitro benzene ring substituents is 1. The summed E-state index contributed by atoms with van der Waals surface area (Å²) >= 11 is 0. The lowest BCUT2D eigenvalue weighted by atomic mass is 10.2. The van der Waals surface area contributed by atoms with E-state index in [9.17, 15) is 27.7 Å². The molecule has 0 bridgehead atoms. The van der Waals surface area contributed by atoms with E-state index in [1.54, 1.807) is 12.1 Å². The van der Waals surface area contributed by atoms with Crippen molar-refractivity contribution in [3.63, 3.8) is 0 Å². The second kappa shape index (κ2) is 8.76. The number of halogens is 1. The van der Waals surface area contributed by atoms with E-state index in [-0.39, 0.29) is 5.69 Å². The first-order valence-electron chi connectivity index (χ1n) is 9.24. The van der Waals surface area contributed by atoms with Crippen LogP contribution in [0.2, 0.25) is 0 Å². The van der Waals surface area contributed by atoms with Crippen LogP contribution in [0.4, 0.5) is 15.8 Å². The molecule has 1 N–H and O–H groups in total. The third kappa shape index (κ3) is 4.74. The predicted octanol–water partition coefficient (Wildman–Crippen LogP) is 1.75. The van der Waals surface area contributed by atoms with Crippen LogP contribution in [0, 0.1) is 15.9 Å². The van der Waals surface area contributed by atoms with Gasteiger partial charge in [-0.15, -0.1) is 0 Å². The highest BCUT2D eigenvalue weighted by atomic mass is 32.2. The van der Waals surface area contributed by atoms with Gasteiger partial charge in [-0.1, -0.05) is 12.1 Å². The van der Waals surface area contributed by atoms with Crippen molar-refractivity contribution in [1.82, 2.24) is 9.62 Å². The number of carbonyl (C=O) groups is 1. The highest BCUT2D eigenvalue weighted by Gasteiger charge is 2.29. The smallest absolute Gasteiger partial charge is 0.269 e. The lowest BCUT2D eigenvalue weighted by Crippen LogP contribution is -2.54. The number of amides is 1. The van der Waals surface area contributed by atoms with E-state index in [1.807, 2.05) is 4.90 Å². The Bertz CT molecular complexity index is 1040. The highest BCUT2D eigenvalue weighted by molar-refractivity contribution is 7.89. The minimum Gasteiger partial charge on any atom is -0.368 e. The summed E-state index contributed by atoms with van der Waals surface area (Å²) in [5, 5.41) is 10.8. The van der Waals surface area contributed by atoms with Gasteiger partial charge in [0.2, 0.25) is 15.9 Å². The quantitative estimate of drug-likeness (QED) is 0.545. The summed E-state index contributed by atoms with van der Waals surface area (Å²) in [6, 6.07) is 10.1. The Morgan fingerprint density at radius 3 is 2.27 bits per heavy atom. The van der Waals surface area contributed by atoms with E-state index in [0.29, 0.717) is 26.2 Å². The number of nitro groups is 1. The Balaban J connectivity index is 1.59. The van der Waals surface area contributed by atoms with Gasteiger partial charge in [0.25, 0.3) is 5.69 Å². The van der Waals surface area contributed by atoms with Crippen LogP contribution in [0.1, 0.15) is 6.92 Å². The molecule has 1 aliphatic heterocycles. The van der Waals surface area contributed by atoms with Crippen molar-refractivity contribution in [2.24, 2.45) is 0 Å². The molecule has 1 saturated heterocycles. The van der Waals surface area contributed by atoms with Gasteiger partial charge in [-0.05, 0) is 31.2 Å². The third-order valence-electron chi connectivity index (χ3n) is 4.85. The van der Waals surface area contributed by atoms with Gasteiger partial charge in [0.15, 0.2) is 0 Å². The van der Waals surface area contributed by atoms with Gasteiger partial charge in [-0.2, -0.15) is 4.72 Å². The van der Waals surface area contributed by atoms with Crippen molar-refractivity contribution in [2.45, 2.75) is 17.9 Å². The average molecular weight is 436 g/mol. The molecule has 2 aromatic carbocycles. The minimum absolute atomic E-state index is 0.00326. The molecule has 1 atom stereocenters. The molecule has 160 valence electrons. The highest BCUT2D eigenvalue weighted by Crippen LogP contribution is 2.21. The van der Waals surface area contributed by atoms with Gasteiger partial charge in [-0.3, -0.25) is 14.9 Å². The molecule has 1 aliphatic rings. The molecule has 0 aromatic heterocycles. The SMILES string of the molecule is C[C@H](NS(=O)(=O)c1ccccc1F)C(=O)N1CCN(c2ccc([N+](=O)[O-])cc2)CC1. The molecule has 0 radical (unpaired) electrons. The van der Waals surface area contributed by atoms with Crippen LogP contribution in [0.5, 0.6) is 0 Å². The topological polar surface area (TPSA) is 113 Å². The number of hydrogen-bond donors (Lipinski definition) is 1. The van der Waals surface area contributed by atoms with Crippen molar-refractivity contribution in [2.75, 3.05) is 31.1 Å². The molecule has 0 saturated carbocycles. The molecule has 1 amide bonds. The first kappa shape index (κ1) is 21.7. The van der Waals surface area contributed by atoms with Crippen LogP contribution in [0.15, 0.2) is 53.4 Å². The fourth-order valence-electron chi connectivity index (χ4n) is 3.25. The Labute approximate surface area is 173 Å². The third-order valence-corrected chi connectivity index (χ3v) is 6.42. The molecule has 11 heteroatoms. The molecule has 2 aromatic rings. The Morgan fingerprint density at radius 1 is 1.10 bits per heavy atom. The van der Waals surface area contributed by atoms with Gasteiger partial charge in [0.05, 0.1) is 11.0 Å². The zero-order valence-corrected chi connectivity index (χ0v) is 17.0. The average Bonchev–Trinajstić information content (AvgIpc) is 2.73. The van der Waals surface area contributed by atoms with Crippen LogP contribution in [0.3, 0.4) is 0 Å². The number of nitro benzene ring substituents is 1. The van der Waals surface area contributed by atoms with Crippen LogP contribution < -0.4 is 9.62 Å². The number of sulfonamides is 1. The standard InChI is InChI=1S/C19H21FN4O5S/c1-14(21-30(28,29)18-5-3-2-4-17(18)20)19(25)23-12-10-22(11-13-23)15-6-8-16(9-7-15)24(26)27/h2-9,14,21H,10-13H2,1H3/t14-/m0/s1. The van der Waals surface area contributed by atoms with Gasteiger partial charge in [0, 0.05) is 44.0 Å². The van der Waals surface area contributed by atoms with E-state index in [0.717, 1.165) is 17.8 Å². The van der Waals surface area contributed by atoms with Crippen LogP contribution in [0.25, 0.3) is 0 Å². The molecule has 0 aliphatic carbocycles. The van der Waals surface area contributed by atoms with Crippen LogP contribution in [-0.2, 0) is 14.8 Å². The predicted molar refractivity (Wildman–Crippen MR) is 108 cm³/mol. The summed E-state index contributed by atoms with van der Waals surface area (Å²) in [5.41, 5.74) is 0.810. The lowest BCUT2D eigenvalue weighted by molar-refractivity contribution is -0.384. The van der Waals surface area contributed by atoms with Gasteiger partial charge in [0.1, 0.15) is 10.7 Å². The van der Waals surface area contributed by atoms with Gasteiger partial charge < -0.3 is 9.80 Å². The molecule has 1 fully saturated rings. The van der Waals surface area contributed by atoms with Crippen molar-refractivity contribution >= 4 is 27.3 Å². The second-order valence-corrected chi connectivity index (χ2v) is 8.54. The number of anilines is 1. The minimum atomic E-state index is -4.18. The molecule has 30 heavy (non-hydrogen) atoms. The number of nitrogens with zero attached hydrogens (tertiary/aromatic N) is 3. The first-order valence-corrected chi connectivity index (χ1v) is 10.7. The van der Waals surface area contributed by atoms with E-state index >= 15 is 0 Å². The van der Waals surface area contributed by atoms with Crippen molar-refractivity contribution < 1.29 is 22.5 Å². The summed E-state index contributed by atoms with van der Waals surface area (Å²) in [7, 11) is -4.18. The first-order chi connectivity index (χ1) is 14.2. The Kier molecular flexibility index (Phi) is 6.32. The molecule has 1 heterocycles. The number of carbonyl (C=O) groups excluding carboxylic acids is 1. The maximum absolute atomic E-state index is 13.8. The molecule has 0 spiro atoms. The molecular weight excluding hydrogens is 415 g/mol. The maximum Gasteiger partial charge on any atom is 0.269 e. The molecule has 3 rings (SSSR count). The summed E-state index contributed by atoms with van der Waals surface area (Å²) in [6.07, 6.45) is 0. The zero-order chi connectivity index (χ0) is 21.9. The second-order valence-electron chi connectivity index (χ2n) is 6.86. The van der Waals surface area contributed by atoms with Crippen LogP contribution in [-0.4, -0.2) is 56.4 Å². The van der Waals surface area contributed by atoms with Crippen molar-refractivity contribution in [1.29, 1.82) is 0 Å². The van der Waals surface area contributed by atoms with Crippen molar-refractivity contribution in [3.8, 4) is 0 Å². The van der Waals surface area contributed by atoms with E-state index in [4.69, 9.17) is 0 Å². The molecule has 0 unspecified atom stereocenters. The van der Waals surface area contributed by atoms with E-state index in [2.05, 4.69) is 4.72 Å². The fraction of sp³-hybridized carbons (Fsp3) is 0.316. The number of nitrogens with one attached hydrogen (secondary N) is 1. The Morgan fingerprint density at radius 2 is 1.70 bits per heavy atom. The normalized spacial score (nSPS) is 15.7. The summed E-state index contributed by atoms with van der Waals surface area (Å²) in [6.45, 7) is 3.14. The van der Waals surface area contributed by atoms with Crippen molar-refractivity contribution in [3.05, 3.63) is 64.5 Å². The van der Waals surface area contributed by atoms with E-state index < -0.39 is 37.6 Å². The summed E-state index contributed by atoms with van der Waals surface area (Å²) in [4.78, 5) is 26.0. The van der Waals surface area contributed by atoms with Crippen LogP contribution >= 0.6 is 0 Å². The number of rotatable bonds is 6. The number of piperazine rings is 1. The molecule has 9 nitrogen and oxygen atoms in total. The number of benzene rings is 2.